The number of carboxylic acid groups (broad SMARTS) is 1. The molecule has 3 aliphatic heterocycles. The van der Waals surface area contributed by atoms with E-state index in [0.29, 0.717) is 6.42 Å². The topological polar surface area (TPSA) is 69.7 Å². The number of fused-ring (bicyclic) bond motifs is 1. The van der Waals surface area contributed by atoms with E-state index in [1.165, 1.54) is 0 Å². The molecule has 124 valence electrons. The summed E-state index contributed by atoms with van der Waals surface area (Å²) in [6, 6.07) is 7.29. The summed E-state index contributed by atoms with van der Waals surface area (Å²) in [4.78, 5) is 26.5. The van der Waals surface area contributed by atoms with Crippen molar-refractivity contribution in [1.82, 2.24) is 0 Å². The van der Waals surface area contributed by atoms with Gasteiger partial charge < -0.3 is 19.5 Å². The van der Waals surface area contributed by atoms with Gasteiger partial charge in [-0.15, -0.1) is 6.58 Å². The van der Waals surface area contributed by atoms with Crippen LogP contribution in [0, 0.1) is 18.8 Å². The van der Waals surface area contributed by atoms with E-state index in [2.05, 4.69) is 6.58 Å². The third kappa shape index (κ3) is 1.73. The molecule has 0 N–H and O–H groups in total. The van der Waals surface area contributed by atoms with Gasteiger partial charge >= 0.3 is 0 Å². The molecule has 5 nitrogen and oxygen atoms in total. The first-order valence-electron chi connectivity index (χ1n) is 8.09. The number of hydrogen-bond acceptors (Lipinski definition) is 4. The molecular weight excluding hydrogens is 306 g/mol. The molecule has 2 fully saturated rings. The fourth-order valence-corrected chi connectivity index (χ4v) is 4.49. The zero-order chi connectivity index (χ0) is 17.1. The Morgan fingerprint density at radius 3 is 2.88 bits per heavy atom. The second kappa shape index (κ2) is 5.05. The first-order chi connectivity index (χ1) is 11.5. The quantitative estimate of drug-likeness (QED) is 0.774. The lowest BCUT2D eigenvalue weighted by Gasteiger charge is -2.33. The highest BCUT2D eigenvalue weighted by Gasteiger charge is 2.69. The molecule has 5 heteroatoms. The Balaban J connectivity index is 1.87. The van der Waals surface area contributed by atoms with Crippen molar-refractivity contribution in [2.24, 2.45) is 11.8 Å². The molecule has 2 saturated heterocycles. The van der Waals surface area contributed by atoms with Gasteiger partial charge in [-0.3, -0.25) is 4.79 Å². The molecule has 1 spiro atoms. The van der Waals surface area contributed by atoms with Crippen LogP contribution in [0.4, 0.5) is 5.69 Å². The molecule has 3 aliphatic rings. The molecule has 0 aliphatic carbocycles. The van der Waals surface area contributed by atoms with Crippen molar-refractivity contribution in [3.63, 3.8) is 0 Å². The summed E-state index contributed by atoms with van der Waals surface area (Å²) in [6.07, 6.45) is 5.30. The first-order valence-corrected chi connectivity index (χ1v) is 8.09. The van der Waals surface area contributed by atoms with Crippen molar-refractivity contribution < 1.29 is 19.4 Å². The van der Waals surface area contributed by atoms with Crippen molar-refractivity contribution in [2.45, 2.75) is 31.1 Å². The number of nitrogens with zero attached hydrogens (tertiary/aromatic N) is 1. The van der Waals surface area contributed by atoms with E-state index in [4.69, 9.17) is 4.74 Å². The number of ether oxygens (including phenoxy) is 1. The van der Waals surface area contributed by atoms with Crippen LogP contribution in [0.25, 0.3) is 0 Å². The molecule has 0 saturated carbocycles. The van der Waals surface area contributed by atoms with E-state index in [0.717, 1.165) is 11.3 Å². The first kappa shape index (κ1) is 15.1. The third-order valence-electron chi connectivity index (χ3n) is 5.46. The number of carbonyl (C=O) groups is 2. The minimum Gasteiger partial charge on any atom is -0.550 e. The second-order valence-corrected chi connectivity index (χ2v) is 6.65. The summed E-state index contributed by atoms with van der Waals surface area (Å²) < 4.78 is 6.04. The van der Waals surface area contributed by atoms with Gasteiger partial charge in [-0.05, 0) is 25.0 Å². The molecule has 5 atom stereocenters. The predicted octanol–water partition coefficient (Wildman–Crippen LogP) is 0.976. The van der Waals surface area contributed by atoms with Crippen molar-refractivity contribution in [3.05, 3.63) is 54.6 Å². The van der Waals surface area contributed by atoms with Gasteiger partial charge in [0, 0.05) is 17.6 Å². The van der Waals surface area contributed by atoms with Crippen LogP contribution in [0.1, 0.15) is 12.0 Å². The third-order valence-corrected chi connectivity index (χ3v) is 5.46. The molecular formula is C19H18NO4-. The number of rotatable bonds is 4. The zero-order valence-corrected chi connectivity index (χ0v) is 13.3. The Bertz CT molecular complexity index is 770. The number of benzene rings is 1. The molecule has 0 radical (unpaired) electrons. The minimum atomic E-state index is -1.23. The maximum absolute atomic E-state index is 13.2. The lowest BCUT2D eigenvalue weighted by Crippen LogP contribution is -2.46. The van der Waals surface area contributed by atoms with Gasteiger partial charge in [-0.25, -0.2) is 0 Å². The molecule has 3 heterocycles. The normalized spacial score (nSPS) is 36.2. The Morgan fingerprint density at radius 2 is 2.21 bits per heavy atom. The van der Waals surface area contributed by atoms with Gasteiger partial charge in [0.15, 0.2) is 0 Å². The Labute approximate surface area is 140 Å². The fraction of sp³-hybridized carbons (Fsp3) is 0.368. The van der Waals surface area contributed by atoms with Crippen LogP contribution in [0.3, 0.4) is 0 Å². The lowest BCUT2D eigenvalue weighted by atomic mass is 9.74. The van der Waals surface area contributed by atoms with E-state index in [1.54, 1.807) is 17.1 Å². The smallest absolute Gasteiger partial charge is 0.234 e. The van der Waals surface area contributed by atoms with Crippen molar-refractivity contribution in [3.8, 4) is 0 Å². The lowest BCUT2D eigenvalue weighted by molar-refractivity contribution is -0.313. The van der Waals surface area contributed by atoms with Gasteiger partial charge in [0.1, 0.15) is 5.60 Å². The Morgan fingerprint density at radius 1 is 1.46 bits per heavy atom. The number of amides is 1. The molecule has 1 aromatic carbocycles. The molecule has 24 heavy (non-hydrogen) atoms. The maximum atomic E-state index is 13.2. The molecule has 2 bridgehead atoms. The van der Waals surface area contributed by atoms with Gasteiger partial charge in [0.25, 0.3) is 0 Å². The highest BCUT2D eigenvalue weighted by molar-refractivity contribution is 6.03. The van der Waals surface area contributed by atoms with E-state index >= 15 is 0 Å². The summed E-state index contributed by atoms with van der Waals surface area (Å²) in [5, 5.41) is 11.6. The van der Waals surface area contributed by atoms with Crippen LogP contribution in [0.5, 0.6) is 0 Å². The van der Waals surface area contributed by atoms with E-state index in [-0.39, 0.29) is 11.9 Å². The van der Waals surface area contributed by atoms with Crippen LogP contribution < -0.4 is 10.0 Å². The van der Waals surface area contributed by atoms with Crippen LogP contribution in [-0.4, -0.2) is 29.6 Å². The number of aliphatic carboxylic acids is 1. The van der Waals surface area contributed by atoms with Crippen LogP contribution in [-0.2, 0) is 14.3 Å². The predicted molar refractivity (Wildman–Crippen MR) is 86.0 cm³/mol. The van der Waals surface area contributed by atoms with Crippen LogP contribution >= 0.6 is 0 Å². The average Bonchev–Trinajstić information content (AvgIpc) is 3.18. The van der Waals surface area contributed by atoms with E-state index in [1.807, 2.05) is 37.3 Å². The highest BCUT2D eigenvalue weighted by atomic mass is 16.5. The van der Waals surface area contributed by atoms with Crippen LogP contribution in [0.15, 0.2) is 49.1 Å². The van der Waals surface area contributed by atoms with E-state index in [9.17, 15) is 14.7 Å². The molecule has 1 aromatic rings. The highest BCUT2D eigenvalue weighted by Crippen LogP contribution is 2.56. The summed E-state index contributed by atoms with van der Waals surface area (Å²) in [5.74, 6) is -3.13. The monoisotopic (exact) mass is 324 g/mol. The van der Waals surface area contributed by atoms with Gasteiger partial charge in [-0.2, -0.15) is 0 Å². The second-order valence-electron chi connectivity index (χ2n) is 6.65. The number of carboxylic acids is 1. The summed E-state index contributed by atoms with van der Waals surface area (Å²) in [7, 11) is 0. The zero-order valence-electron chi connectivity index (χ0n) is 13.3. The SMILES string of the molecule is C=CC[C@H]1N(c2ccccc2C)C(=O)[C@@H]2[C@H](C(=O)[O-])[C@@H]3C=C[C@]21O3. The Kier molecular flexibility index (Phi) is 3.18. The fourth-order valence-electron chi connectivity index (χ4n) is 4.49. The Hall–Kier alpha value is -2.40. The summed E-state index contributed by atoms with van der Waals surface area (Å²) in [5.41, 5.74) is 0.832. The van der Waals surface area contributed by atoms with Gasteiger partial charge in [0.2, 0.25) is 5.91 Å². The summed E-state index contributed by atoms with van der Waals surface area (Å²) >= 11 is 0. The number of hydrogen-bond donors (Lipinski definition) is 0. The van der Waals surface area contributed by atoms with E-state index < -0.39 is 29.5 Å². The largest absolute Gasteiger partial charge is 0.550 e. The molecule has 4 rings (SSSR count). The summed E-state index contributed by atoms with van der Waals surface area (Å²) in [6.45, 7) is 5.74. The van der Waals surface area contributed by atoms with Gasteiger partial charge in [-0.1, -0.05) is 36.4 Å². The number of anilines is 1. The van der Waals surface area contributed by atoms with Gasteiger partial charge in [0.05, 0.1) is 18.1 Å². The van der Waals surface area contributed by atoms with Crippen LogP contribution in [0.2, 0.25) is 0 Å². The molecule has 0 unspecified atom stereocenters. The van der Waals surface area contributed by atoms with Crippen molar-refractivity contribution in [2.75, 3.05) is 4.90 Å². The molecule has 0 aromatic heterocycles. The average molecular weight is 324 g/mol. The number of carbonyl (C=O) groups excluding carboxylic acids is 2. The minimum absolute atomic E-state index is 0.211. The van der Waals surface area contributed by atoms with Crippen molar-refractivity contribution >= 4 is 17.6 Å². The number of aryl methyl sites for hydroxylation is 1. The molecule has 1 amide bonds. The standard InChI is InChI=1S/C19H19NO4/c1-3-6-14-19-10-9-13(24-19)15(18(22)23)16(19)17(21)20(14)12-8-5-4-7-11(12)2/h3-5,7-10,13-16H,1,6H2,2H3,(H,22,23)/p-1/t13-,14+,15+,16-,19+/m0/s1. The number of para-hydroxylation sites is 1. The van der Waals surface area contributed by atoms with Crippen molar-refractivity contribution in [1.29, 1.82) is 0 Å². The maximum Gasteiger partial charge on any atom is 0.234 e.